The number of para-hydroxylation sites is 3. The van der Waals surface area contributed by atoms with Crippen LogP contribution in [0.5, 0.6) is 0 Å². The summed E-state index contributed by atoms with van der Waals surface area (Å²) >= 11 is 4.15. The molecule has 0 saturated carbocycles. The van der Waals surface area contributed by atoms with Gasteiger partial charge in [-0.2, -0.15) is 0 Å². The van der Waals surface area contributed by atoms with Crippen molar-refractivity contribution in [2.75, 3.05) is 0 Å². The fourth-order valence-corrected chi connectivity index (χ4v) is 7.03. The molecule has 0 N–H and O–H groups in total. The number of fused-ring (bicyclic) bond motifs is 9. The molecule has 33 heavy (non-hydrogen) atoms. The van der Waals surface area contributed by atoms with Crippen molar-refractivity contribution < 1.29 is 0 Å². The molecule has 2 heterocycles. The van der Waals surface area contributed by atoms with Crippen molar-refractivity contribution in [1.82, 2.24) is 4.57 Å². The van der Waals surface area contributed by atoms with Gasteiger partial charge < -0.3 is 4.57 Å². The fourth-order valence-electron chi connectivity index (χ4n) is 6.04. The molecule has 0 bridgehead atoms. The fraction of sp³-hybridized carbons (Fsp3) is 0.0323. The summed E-state index contributed by atoms with van der Waals surface area (Å²) in [4.78, 5) is 0. The van der Waals surface area contributed by atoms with E-state index >= 15 is 0 Å². The average molecular weight is 486 g/mol. The molecule has 7 rings (SSSR count). The summed E-state index contributed by atoms with van der Waals surface area (Å²) in [7, 11) is 0. The number of aromatic nitrogens is 1. The van der Waals surface area contributed by atoms with Crippen molar-refractivity contribution in [2.24, 2.45) is 0 Å². The predicted octanol–water partition coefficient (Wildman–Crippen LogP) is 8.29. The zero-order valence-corrected chi connectivity index (χ0v) is 19.5. The average Bonchev–Trinajstić information content (AvgIpc) is 3.33. The molecule has 2 heteroatoms. The molecule has 0 fully saturated rings. The smallest absolute Gasteiger partial charge is 0.0819 e. The van der Waals surface area contributed by atoms with E-state index in [1.165, 1.54) is 59.8 Å². The van der Waals surface area contributed by atoms with Crippen molar-refractivity contribution in [3.8, 4) is 5.69 Å². The maximum Gasteiger partial charge on any atom is 0.0819 e. The van der Waals surface area contributed by atoms with Gasteiger partial charge in [0, 0.05) is 15.3 Å². The molecule has 1 aromatic heterocycles. The highest BCUT2D eigenvalue weighted by Crippen LogP contribution is 2.61. The predicted molar refractivity (Wildman–Crippen MR) is 142 cm³/mol. The number of rotatable bonds is 2. The normalized spacial score (nSPS) is 18.5. The summed E-state index contributed by atoms with van der Waals surface area (Å²) < 4.78 is 3.65. The third-order valence-corrected chi connectivity index (χ3v) is 8.26. The highest BCUT2D eigenvalue weighted by atomic mass is 79.9. The van der Waals surface area contributed by atoms with Gasteiger partial charge in [-0.1, -0.05) is 120 Å². The second kappa shape index (κ2) is 6.69. The highest BCUT2D eigenvalue weighted by molar-refractivity contribution is 9.12. The largest absolute Gasteiger partial charge is 0.309 e. The third kappa shape index (κ3) is 2.17. The minimum atomic E-state index is -0.405. The Morgan fingerprint density at radius 1 is 0.727 bits per heavy atom. The topological polar surface area (TPSA) is 4.93 Å². The van der Waals surface area contributed by atoms with E-state index in [1.807, 2.05) is 12.2 Å². The minimum Gasteiger partial charge on any atom is -0.309 e. The van der Waals surface area contributed by atoms with Crippen molar-refractivity contribution in [1.29, 1.82) is 0 Å². The molecule has 1 spiro atoms. The lowest BCUT2D eigenvalue weighted by Gasteiger charge is -2.39. The van der Waals surface area contributed by atoms with Crippen LogP contribution < -0.4 is 0 Å². The Balaban J connectivity index is 1.76. The van der Waals surface area contributed by atoms with Crippen molar-refractivity contribution in [3.05, 3.63) is 143 Å². The molecule has 1 nitrogen and oxygen atoms in total. The summed E-state index contributed by atoms with van der Waals surface area (Å²) in [5.74, 6) is 0. The number of halogens is 1. The standard InChI is InChI=1S/C31H20BrN/c1-2-3-11-23-20-12-4-6-15-24(20)31(30(23)32)25-16-7-9-19-28(25)33-27-18-8-5-13-21(27)22-14-10-17-26(31)29(22)33/h2-19H,1H2/b11-3-. The first-order valence-electron chi connectivity index (χ1n) is 11.2. The van der Waals surface area contributed by atoms with Crippen LogP contribution in [0.25, 0.3) is 33.1 Å². The van der Waals surface area contributed by atoms with Gasteiger partial charge in [0.2, 0.25) is 0 Å². The Labute approximate surface area is 201 Å². The van der Waals surface area contributed by atoms with Gasteiger partial charge in [0.25, 0.3) is 0 Å². The van der Waals surface area contributed by atoms with Gasteiger partial charge in [0.15, 0.2) is 0 Å². The van der Waals surface area contributed by atoms with Crippen LogP contribution in [0.15, 0.2) is 120 Å². The Hall–Kier alpha value is -3.62. The molecule has 1 atom stereocenters. The molecule has 5 aromatic rings. The lowest BCUT2D eigenvalue weighted by Crippen LogP contribution is -2.33. The quantitative estimate of drug-likeness (QED) is 0.221. The summed E-state index contributed by atoms with van der Waals surface area (Å²) in [5, 5.41) is 2.59. The van der Waals surface area contributed by atoms with E-state index in [-0.39, 0.29) is 0 Å². The lowest BCUT2D eigenvalue weighted by atomic mass is 9.68. The van der Waals surface area contributed by atoms with Gasteiger partial charge in [-0.25, -0.2) is 0 Å². The Bertz CT molecular complexity index is 1700. The van der Waals surface area contributed by atoms with Gasteiger partial charge in [-0.05, 0) is 40.0 Å². The molecule has 0 radical (unpaired) electrons. The second-order valence-corrected chi connectivity index (χ2v) is 9.48. The molecule has 1 aliphatic heterocycles. The van der Waals surface area contributed by atoms with Crippen LogP contribution in [0.1, 0.15) is 22.3 Å². The van der Waals surface area contributed by atoms with Crippen molar-refractivity contribution in [2.45, 2.75) is 5.41 Å². The lowest BCUT2D eigenvalue weighted by molar-refractivity contribution is 0.763. The number of benzene rings is 4. The Morgan fingerprint density at radius 2 is 1.42 bits per heavy atom. The summed E-state index contributed by atoms with van der Waals surface area (Å²) in [5.41, 5.74) is 9.78. The first kappa shape index (κ1) is 18.9. The van der Waals surface area contributed by atoms with E-state index in [2.05, 4.69) is 124 Å². The molecular formula is C31H20BrN. The second-order valence-electron chi connectivity index (χ2n) is 8.69. The van der Waals surface area contributed by atoms with Crippen LogP contribution >= 0.6 is 15.9 Å². The number of hydrogen-bond acceptors (Lipinski definition) is 0. The molecule has 4 aromatic carbocycles. The highest BCUT2D eigenvalue weighted by Gasteiger charge is 2.51. The zero-order valence-electron chi connectivity index (χ0n) is 17.9. The van der Waals surface area contributed by atoms with E-state index in [0.717, 1.165) is 0 Å². The number of hydrogen-bond donors (Lipinski definition) is 0. The third-order valence-electron chi connectivity index (χ3n) is 7.23. The van der Waals surface area contributed by atoms with Gasteiger partial charge in [0.1, 0.15) is 0 Å². The van der Waals surface area contributed by atoms with E-state index in [9.17, 15) is 0 Å². The van der Waals surface area contributed by atoms with E-state index in [0.29, 0.717) is 0 Å². The number of allylic oxidation sites excluding steroid dienone is 5. The van der Waals surface area contributed by atoms with E-state index in [1.54, 1.807) is 0 Å². The zero-order chi connectivity index (χ0) is 22.2. The molecular weight excluding hydrogens is 466 g/mol. The van der Waals surface area contributed by atoms with Gasteiger partial charge >= 0.3 is 0 Å². The van der Waals surface area contributed by atoms with Gasteiger partial charge in [-0.3, -0.25) is 0 Å². The first-order chi connectivity index (χ1) is 16.3. The molecule has 0 amide bonds. The minimum absolute atomic E-state index is 0.405. The molecule has 0 saturated heterocycles. The Morgan fingerprint density at radius 3 is 2.30 bits per heavy atom. The van der Waals surface area contributed by atoms with Crippen LogP contribution in [0, 0.1) is 0 Å². The van der Waals surface area contributed by atoms with Crippen LogP contribution in [0.4, 0.5) is 0 Å². The molecule has 1 unspecified atom stereocenters. The first-order valence-corrected chi connectivity index (χ1v) is 12.0. The molecule has 2 aliphatic rings. The number of nitrogens with zero attached hydrogens (tertiary/aromatic N) is 1. The summed E-state index contributed by atoms with van der Waals surface area (Å²) in [6, 6.07) is 33.2. The van der Waals surface area contributed by atoms with E-state index in [4.69, 9.17) is 0 Å². The SMILES string of the molecule is C=C/C=C\C1=C(Br)C2(c3ccccc31)c1ccccc1-n1c3ccccc3c3cccc2c31. The van der Waals surface area contributed by atoms with Gasteiger partial charge in [-0.15, -0.1) is 0 Å². The van der Waals surface area contributed by atoms with Crippen LogP contribution in [-0.2, 0) is 5.41 Å². The Kier molecular flexibility index (Phi) is 3.83. The monoisotopic (exact) mass is 485 g/mol. The summed E-state index contributed by atoms with van der Waals surface area (Å²) in [6.45, 7) is 3.90. The molecule has 1 aliphatic carbocycles. The van der Waals surface area contributed by atoms with E-state index < -0.39 is 5.41 Å². The van der Waals surface area contributed by atoms with Crippen molar-refractivity contribution >= 4 is 43.3 Å². The van der Waals surface area contributed by atoms with Crippen LogP contribution in [0.2, 0.25) is 0 Å². The van der Waals surface area contributed by atoms with Crippen LogP contribution in [0.3, 0.4) is 0 Å². The van der Waals surface area contributed by atoms with Crippen molar-refractivity contribution in [3.63, 3.8) is 0 Å². The van der Waals surface area contributed by atoms with Gasteiger partial charge in [0.05, 0.1) is 22.1 Å². The van der Waals surface area contributed by atoms with Crippen LogP contribution in [-0.4, -0.2) is 4.57 Å². The summed E-state index contributed by atoms with van der Waals surface area (Å²) in [6.07, 6.45) is 6.05. The molecule has 156 valence electrons. The maximum absolute atomic E-state index is 4.15. The maximum atomic E-state index is 4.15.